The molecule has 2 unspecified atom stereocenters. The number of aryl methyl sites for hydroxylation is 2. The van der Waals surface area contributed by atoms with E-state index in [9.17, 15) is 10.4 Å². The van der Waals surface area contributed by atoms with E-state index in [-0.39, 0.29) is 0 Å². The van der Waals surface area contributed by atoms with Gasteiger partial charge in [0.2, 0.25) is 0 Å². The predicted octanol–water partition coefficient (Wildman–Crippen LogP) is 4.06. The smallest absolute Gasteiger partial charge is 0.119 e. The van der Waals surface area contributed by atoms with Gasteiger partial charge in [-0.2, -0.15) is 5.26 Å². The van der Waals surface area contributed by atoms with Crippen molar-refractivity contribution in [3.8, 4) is 6.07 Å². The maximum absolute atomic E-state index is 11.3. The van der Waals surface area contributed by atoms with Gasteiger partial charge in [0.15, 0.2) is 0 Å². The monoisotopic (exact) mass is 297 g/mol. The fourth-order valence-electron chi connectivity index (χ4n) is 3.47. The van der Waals surface area contributed by atoms with Crippen LogP contribution >= 0.6 is 11.3 Å². The molecule has 1 aliphatic carbocycles. The van der Waals surface area contributed by atoms with Gasteiger partial charge in [0.1, 0.15) is 11.0 Å². The SMILES string of the molecule is Cc1ccc(C(C)(O)C2(C#N)CCCc3ccccc32)s1. The van der Waals surface area contributed by atoms with Gasteiger partial charge in [-0.15, -0.1) is 11.3 Å². The molecule has 3 heteroatoms. The van der Waals surface area contributed by atoms with Crippen LogP contribution in [0.5, 0.6) is 0 Å². The molecule has 1 heterocycles. The highest BCUT2D eigenvalue weighted by atomic mass is 32.1. The summed E-state index contributed by atoms with van der Waals surface area (Å²) in [7, 11) is 0. The zero-order valence-corrected chi connectivity index (χ0v) is 13.2. The van der Waals surface area contributed by atoms with Gasteiger partial charge < -0.3 is 5.11 Å². The summed E-state index contributed by atoms with van der Waals surface area (Å²) in [5.41, 5.74) is 0.157. The molecule has 0 amide bonds. The molecule has 1 aliphatic rings. The van der Waals surface area contributed by atoms with E-state index in [0.29, 0.717) is 6.42 Å². The molecule has 0 saturated heterocycles. The summed E-state index contributed by atoms with van der Waals surface area (Å²) in [6.07, 6.45) is 2.62. The van der Waals surface area contributed by atoms with Crippen molar-refractivity contribution >= 4 is 11.3 Å². The zero-order valence-electron chi connectivity index (χ0n) is 12.4. The van der Waals surface area contributed by atoms with Crippen LogP contribution in [0.1, 0.15) is 40.6 Å². The lowest BCUT2D eigenvalue weighted by Crippen LogP contribution is -2.48. The Morgan fingerprint density at radius 3 is 2.71 bits per heavy atom. The predicted molar refractivity (Wildman–Crippen MR) is 85.3 cm³/mol. The van der Waals surface area contributed by atoms with Crippen LogP contribution in [0.2, 0.25) is 0 Å². The topological polar surface area (TPSA) is 44.0 Å². The number of nitriles is 1. The molecule has 0 fully saturated rings. The van der Waals surface area contributed by atoms with Gasteiger partial charge in [0.25, 0.3) is 0 Å². The molecule has 3 rings (SSSR count). The van der Waals surface area contributed by atoms with Crippen LogP contribution in [0.3, 0.4) is 0 Å². The second kappa shape index (κ2) is 4.98. The zero-order chi connectivity index (χ0) is 15.1. The maximum atomic E-state index is 11.3. The Hall–Kier alpha value is -1.63. The highest BCUT2D eigenvalue weighted by Gasteiger charge is 2.52. The third kappa shape index (κ3) is 2.02. The molecule has 0 bridgehead atoms. The molecular weight excluding hydrogens is 278 g/mol. The molecule has 0 saturated carbocycles. The Balaban J connectivity index is 2.21. The second-order valence-corrected chi connectivity index (χ2v) is 7.30. The van der Waals surface area contributed by atoms with Crippen LogP contribution < -0.4 is 0 Å². The minimum absolute atomic E-state index is 0.699. The number of benzene rings is 1. The molecule has 0 aliphatic heterocycles. The molecule has 1 aromatic carbocycles. The number of hydrogen-bond donors (Lipinski definition) is 1. The van der Waals surface area contributed by atoms with Gasteiger partial charge in [-0.05, 0) is 56.4 Å². The Labute approximate surface area is 129 Å². The first-order valence-corrected chi connectivity index (χ1v) is 8.12. The van der Waals surface area contributed by atoms with Crippen molar-refractivity contribution in [1.82, 2.24) is 0 Å². The van der Waals surface area contributed by atoms with Crippen molar-refractivity contribution in [2.75, 3.05) is 0 Å². The summed E-state index contributed by atoms with van der Waals surface area (Å²) >= 11 is 1.58. The number of rotatable bonds is 2. The average Bonchev–Trinajstić information content (AvgIpc) is 2.93. The molecule has 2 atom stereocenters. The number of aliphatic hydroxyl groups is 1. The lowest BCUT2D eigenvalue weighted by Gasteiger charge is -2.43. The van der Waals surface area contributed by atoms with E-state index in [1.165, 1.54) is 5.56 Å². The van der Waals surface area contributed by atoms with Crippen molar-refractivity contribution < 1.29 is 5.11 Å². The largest absolute Gasteiger partial charge is 0.383 e. The summed E-state index contributed by atoms with van der Waals surface area (Å²) in [5.74, 6) is 0. The first-order valence-electron chi connectivity index (χ1n) is 7.30. The van der Waals surface area contributed by atoms with E-state index >= 15 is 0 Å². The van der Waals surface area contributed by atoms with Crippen LogP contribution in [0.25, 0.3) is 0 Å². The molecular formula is C18H19NOS. The quantitative estimate of drug-likeness (QED) is 0.908. The fraction of sp³-hybridized carbons (Fsp3) is 0.389. The van der Waals surface area contributed by atoms with Gasteiger partial charge in [-0.1, -0.05) is 24.3 Å². The summed E-state index contributed by atoms with van der Waals surface area (Å²) in [6, 6.07) is 14.5. The summed E-state index contributed by atoms with van der Waals surface area (Å²) < 4.78 is 0. The molecule has 2 nitrogen and oxygen atoms in total. The molecule has 1 aromatic heterocycles. The van der Waals surface area contributed by atoms with Gasteiger partial charge in [-0.3, -0.25) is 0 Å². The third-order valence-electron chi connectivity index (χ3n) is 4.72. The molecule has 2 aromatic rings. The van der Waals surface area contributed by atoms with Crippen molar-refractivity contribution in [1.29, 1.82) is 5.26 Å². The van der Waals surface area contributed by atoms with Gasteiger partial charge in [0.05, 0.1) is 6.07 Å². The molecule has 0 spiro atoms. The van der Waals surface area contributed by atoms with Crippen LogP contribution in [0, 0.1) is 18.3 Å². The highest BCUT2D eigenvalue weighted by molar-refractivity contribution is 7.12. The second-order valence-electron chi connectivity index (χ2n) is 6.01. The normalized spacial score (nSPS) is 23.9. The van der Waals surface area contributed by atoms with Crippen molar-refractivity contribution in [2.24, 2.45) is 0 Å². The number of thiophene rings is 1. The molecule has 108 valence electrons. The summed E-state index contributed by atoms with van der Waals surface area (Å²) in [5, 5.41) is 21.3. The lowest BCUT2D eigenvalue weighted by atomic mass is 9.61. The van der Waals surface area contributed by atoms with E-state index in [4.69, 9.17) is 0 Å². The summed E-state index contributed by atoms with van der Waals surface area (Å²) in [6.45, 7) is 3.82. The van der Waals surface area contributed by atoms with E-state index in [1.807, 2.05) is 37.3 Å². The minimum Gasteiger partial charge on any atom is -0.383 e. The Bertz CT molecular complexity index is 710. The van der Waals surface area contributed by atoms with E-state index < -0.39 is 11.0 Å². The Kier molecular flexibility index (Phi) is 3.39. The first kappa shape index (κ1) is 14.3. The fourth-order valence-corrected chi connectivity index (χ4v) is 4.46. The minimum atomic E-state index is -1.17. The highest BCUT2D eigenvalue weighted by Crippen LogP contribution is 2.50. The van der Waals surface area contributed by atoms with Crippen molar-refractivity contribution in [3.05, 3.63) is 57.3 Å². The number of hydrogen-bond acceptors (Lipinski definition) is 3. The Morgan fingerprint density at radius 1 is 1.29 bits per heavy atom. The van der Waals surface area contributed by atoms with Crippen LogP contribution in [-0.2, 0) is 17.4 Å². The Morgan fingerprint density at radius 2 is 2.05 bits per heavy atom. The van der Waals surface area contributed by atoms with Crippen molar-refractivity contribution in [3.63, 3.8) is 0 Å². The van der Waals surface area contributed by atoms with Gasteiger partial charge in [0, 0.05) is 9.75 Å². The summed E-state index contributed by atoms with van der Waals surface area (Å²) in [4.78, 5) is 2.03. The first-order chi connectivity index (χ1) is 10.0. The van der Waals surface area contributed by atoms with E-state index in [2.05, 4.69) is 12.1 Å². The van der Waals surface area contributed by atoms with Crippen LogP contribution in [-0.4, -0.2) is 5.11 Å². The van der Waals surface area contributed by atoms with Gasteiger partial charge >= 0.3 is 0 Å². The van der Waals surface area contributed by atoms with Crippen LogP contribution in [0.15, 0.2) is 36.4 Å². The molecule has 0 radical (unpaired) electrons. The van der Waals surface area contributed by atoms with Gasteiger partial charge in [-0.25, -0.2) is 0 Å². The lowest BCUT2D eigenvalue weighted by molar-refractivity contribution is -0.00855. The number of fused-ring (bicyclic) bond motifs is 1. The van der Waals surface area contributed by atoms with Crippen molar-refractivity contribution in [2.45, 2.75) is 44.1 Å². The number of nitrogens with zero attached hydrogens (tertiary/aromatic N) is 1. The third-order valence-corrected chi connectivity index (χ3v) is 5.93. The molecule has 1 N–H and O–H groups in total. The average molecular weight is 297 g/mol. The standard InChI is InChI=1S/C18H19NOS/c1-13-9-10-16(21-13)17(2,20)18(12-19)11-5-7-14-6-3-4-8-15(14)18/h3-4,6,8-10,20H,5,7,11H2,1-2H3. The molecule has 21 heavy (non-hydrogen) atoms. The van der Waals surface area contributed by atoms with E-state index in [0.717, 1.165) is 28.2 Å². The van der Waals surface area contributed by atoms with E-state index in [1.54, 1.807) is 18.3 Å². The van der Waals surface area contributed by atoms with Crippen LogP contribution in [0.4, 0.5) is 0 Å². The maximum Gasteiger partial charge on any atom is 0.119 e.